The van der Waals surface area contributed by atoms with Crippen molar-refractivity contribution in [2.45, 2.75) is 57.5 Å². The zero-order valence-corrected chi connectivity index (χ0v) is 22.5. The summed E-state index contributed by atoms with van der Waals surface area (Å²) >= 11 is 0. The Morgan fingerprint density at radius 3 is 2.26 bits per heavy atom. The Morgan fingerprint density at radius 1 is 0.821 bits per heavy atom. The first kappa shape index (κ1) is 25.2. The molecule has 2 heterocycles. The SMILES string of the molecule is CCCCCc1ccc(C(=O)N(CC(=O)N2c3ccccc3-n3cccc3C2c2ccccc2)C2CC2)cc1. The van der Waals surface area contributed by atoms with E-state index in [4.69, 9.17) is 0 Å². The lowest BCUT2D eigenvalue weighted by atomic mass is 9.97. The molecule has 0 saturated heterocycles. The Kier molecular flexibility index (Phi) is 7.06. The summed E-state index contributed by atoms with van der Waals surface area (Å²) in [6.45, 7) is 2.26. The molecule has 198 valence electrons. The Labute approximate surface area is 230 Å². The number of carbonyl (C=O) groups excluding carboxylic acids is 2. The van der Waals surface area contributed by atoms with Gasteiger partial charge in [0.15, 0.2) is 0 Å². The van der Waals surface area contributed by atoms with Crippen LogP contribution >= 0.6 is 0 Å². The van der Waals surface area contributed by atoms with E-state index >= 15 is 0 Å². The molecule has 2 aliphatic rings. The number of para-hydroxylation sites is 2. The van der Waals surface area contributed by atoms with Gasteiger partial charge in [-0.1, -0.05) is 74.4 Å². The number of carbonyl (C=O) groups is 2. The van der Waals surface area contributed by atoms with Crippen LogP contribution in [0.5, 0.6) is 0 Å². The van der Waals surface area contributed by atoms with E-state index in [1.54, 1.807) is 4.90 Å². The number of amides is 2. The predicted molar refractivity (Wildman–Crippen MR) is 155 cm³/mol. The first-order valence-corrected chi connectivity index (χ1v) is 14.2. The monoisotopic (exact) mass is 517 g/mol. The molecule has 2 amide bonds. The lowest BCUT2D eigenvalue weighted by molar-refractivity contribution is -0.119. The number of hydrogen-bond donors (Lipinski definition) is 0. The van der Waals surface area contributed by atoms with E-state index in [1.807, 2.05) is 65.6 Å². The molecule has 1 aromatic heterocycles. The molecule has 1 fully saturated rings. The largest absolute Gasteiger partial charge is 0.326 e. The van der Waals surface area contributed by atoms with Gasteiger partial charge in [0.2, 0.25) is 5.91 Å². The predicted octanol–water partition coefficient (Wildman–Crippen LogP) is 6.95. The normalized spacial score (nSPS) is 15.9. The van der Waals surface area contributed by atoms with Crippen LogP contribution in [0.2, 0.25) is 0 Å². The molecule has 0 bridgehead atoms. The fraction of sp³-hybridized carbons (Fsp3) is 0.294. The number of aromatic nitrogens is 1. The highest BCUT2D eigenvalue weighted by Gasteiger charge is 2.40. The van der Waals surface area contributed by atoms with Crippen LogP contribution in [0.3, 0.4) is 0 Å². The van der Waals surface area contributed by atoms with Gasteiger partial charge in [0, 0.05) is 17.8 Å². The first-order chi connectivity index (χ1) is 19.2. The fourth-order valence-electron chi connectivity index (χ4n) is 5.75. The lowest BCUT2D eigenvalue weighted by Crippen LogP contribution is -2.47. The van der Waals surface area contributed by atoms with Crippen molar-refractivity contribution in [2.24, 2.45) is 0 Å². The quantitative estimate of drug-likeness (QED) is 0.226. The average molecular weight is 518 g/mol. The smallest absolute Gasteiger partial charge is 0.254 e. The highest BCUT2D eigenvalue weighted by atomic mass is 16.2. The average Bonchev–Trinajstić information content (AvgIpc) is 3.70. The van der Waals surface area contributed by atoms with E-state index in [2.05, 4.69) is 48.0 Å². The standard InChI is InChI=1S/C34H35N3O2/c1-2-3-5-11-25-17-19-27(20-18-25)34(39)36(28-21-22-28)24-32(38)37-30-15-9-8-14-29(30)35-23-10-16-31(35)33(37)26-12-6-4-7-13-26/h4,6-10,12-20,23,28,33H,2-3,5,11,21-22,24H2,1H3. The molecule has 0 spiro atoms. The van der Waals surface area contributed by atoms with Crippen molar-refractivity contribution >= 4 is 17.5 Å². The van der Waals surface area contributed by atoms with Gasteiger partial charge in [-0.25, -0.2) is 0 Å². The highest BCUT2D eigenvalue weighted by molar-refractivity contribution is 6.03. The first-order valence-electron chi connectivity index (χ1n) is 14.2. The van der Waals surface area contributed by atoms with Crippen molar-refractivity contribution in [1.82, 2.24) is 9.47 Å². The van der Waals surface area contributed by atoms with Crippen LogP contribution in [0.15, 0.2) is 97.2 Å². The zero-order chi connectivity index (χ0) is 26.8. The lowest BCUT2D eigenvalue weighted by Gasteiger charge is -2.39. The minimum absolute atomic E-state index is 0.0557. The topological polar surface area (TPSA) is 45.6 Å². The molecule has 0 radical (unpaired) electrons. The van der Waals surface area contributed by atoms with Gasteiger partial charge in [0.25, 0.3) is 5.91 Å². The van der Waals surface area contributed by atoms with Gasteiger partial charge in [0.05, 0.1) is 17.1 Å². The highest BCUT2D eigenvalue weighted by Crippen LogP contribution is 2.42. The minimum atomic E-state index is -0.276. The summed E-state index contributed by atoms with van der Waals surface area (Å²) in [7, 11) is 0. The van der Waals surface area contributed by atoms with Crippen LogP contribution in [0.1, 0.15) is 72.2 Å². The van der Waals surface area contributed by atoms with E-state index < -0.39 is 0 Å². The van der Waals surface area contributed by atoms with Crippen LogP contribution in [0, 0.1) is 0 Å². The molecular formula is C34H35N3O2. The molecule has 1 atom stereocenters. The van der Waals surface area contributed by atoms with Crippen molar-refractivity contribution in [2.75, 3.05) is 11.4 Å². The Balaban J connectivity index is 1.30. The summed E-state index contributed by atoms with van der Waals surface area (Å²) in [5, 5.41) is 0. The Hall–Kier alpha value is -4.12. The van der Waals surface area contributed by atoms with Crippen LogP contribution in [-0.2, 0) is 11.2 Å². The maximum atomic E-state index is 14.3. The Morgan fingerprint density at radius 2 is 1.54 bits per heavy atom. The molecule has 4 aromatic rings. The third kappa shape index (κ3) is 5.01. The second kappa shape index (κ2) is 10.9. The summed E-state index contributed by atoms with van der Waals surface area (Å²) in [5.41, 5.74) is 5.83. The molecule has 1 saturated carbocycles. The summed E-state index contributed by atoms with van der Waals surface area (Å²) in [4.78, 5) is 31.7. The maximum absolute atomic E-state index is 14.3. The van der Waals surface area contributed by atoms with Gasteiger partial charge in [-0.2, -0.15) is 0 Å². The van der Waals surface area contributed by atoms with Crippen LogP contribution in [0.4, 0.5) is 5.69 Å². The number of aryl methyl sites for hydroxylation is 1. The van der Waals surface area contributed by atoms with E-state index in [1.165, 1.54) is 18.4 Å². The van der Waals surface area contributed by atoms with Gasteiger partial charge >= 0.3 is 0 Å². The molecule has 1 unspecified atom stereocenters. The number of benzene rings is 3. The summed E-state index contributed by atoms with van der Waals surface area (Å²) in [6, 6.07) is 30.1. The number of hydrogen-bond acceptors (Lipinski definition) is 2. The minimum Gasteiger partial charge on any atom is -0.326 e. The summed E-state index contributed by atoms with van der Waals surface area (Å²) in [6.07, 6.45) is 8.54. The molecule has 3 aromatic carbocycles. The van der Waals surface area contributed by atoms with Gasteiger partial charge in [-0.05, 0) is 73.2 Å². The van der Waals surface area contributed by atoms with Crippen molar-refractivity contribution in [3.63, 3.8) is 0 Å². The third-order valence-electron chi connectivity index (χ3n) is 7.93. The summed E-state index contributed by atoms with van der Waals surface area (Å²) in [5.74, 6) is -0.129. The number of unbranched alkanes of at least 4 members (excludes halogenated alkanes) is 2. The third-order valence-corrected chi connectivity index (χ3v) is 7.93. The van der Waals surface area contributed by atoms with Crippen molar-refractivity contribution in [3.05, 3.63) is 120 Å². The van der Waals surface area contributed by atoms with Crippen LogP contribution < -0.4 is 4.90 Å². The second-order valence-corrected chi connectivity index (χ2v) is 10.7. The number of anilines is 1. The molecule has 6 rings (SSSR count). The number of rotatable bonds is 9. The van der Waals surface area contributed by atoms with Crippen molar-refractivity contribution in [1.29, 1.82) is 0 Å². The van der Waals surface area contributed by atoms with Gasteiger partial charge in [0.1, 0.15) is 12.6 Å². The van der Waals surface area contributed by atoms with E-state index in [9.17, 15) is 9.59 Å². The van der Waals surface area contributed by atoms with Crippen molar-refractivity contribution in [3.8, 4) is 5.69 Å². The maximum Gasteiger partial charge on any atom is 0.254 e. The van der Waals surface area contributed by atoms with Crippen molar-refractivity contribution < 1.29 is 9.59 Å². The molecule has 1 aliphatic carbocycles. The Bertz CT molecular complexity index is 1450. The second-order valence-electron chi connectivity index (χ2n) is 10.7. The van der Waals surface area contributed by atoms with Gasteiger partial charge < -0.3 is 9.47 Å². The molecule has 39 heavy (non-hydrogen) atoms. The van der Waals surface area contributed by atoms with Gasteiger partial charge in [-0.3, -0.25) is 14.5 Å². The molecule has 0 N–H and O–H groups in total. The van der Waals surface area contributed by atoms with Crippen LogP contribution in [-0.4, -0.2) is 33.9 Å². The van der Waals surface area contributed by atoms with Crippen LogP contribution in [0.25, 0.3) is 5.69 Å². The fourth-order valence-corrected chi connectivity index (χ4v) is 5.75. The van der Waals surface area contributed by atoms with E-state index in [0.29, 0.717) is 5.56 Å². The zero-order valence-electron chi connectivity index (χ0n) is 22.5. The van der Waals surface area contributed by atoms with E-state index in [0.717, 1.165) is 48.3 Å². The molecule has 5 heteroatoms. The number of fused-ring (bicyclic) bond motifs is 3. The van der Waals surface area contributed by atoms with E-state index in [-0.39, 0.29) is 30.4 Å². The molecule has 5 nitrogen and oxygen atoms in total. The molecular weight excluding hydrogens is 482 g/mol. The molecule has 1 aliphatic heterocycles. The summed E-state index contributed by atoms with van der Waals surface area (Å²) < 4.78 is 2.17. The number of nitrogens with zero attached hydrogens (tertiary/aromatic N) is 3. The van der Waals surface area contributed by atoms with Gasteiger partial charge in [-0.15, -0.1) is 0 Å².